The molecule has 0 radical (unpaired) electrons. The standard InChI is InChI=1S/C16H17F3N2O4S/c1-2-25-14(24)7-20-12(22)8-21-13(23)9-26-15(21)10-3-5-11(6-4-10)16(17,18)19/h3-6,15H,2,7-9H2,1H3,(H,20,22). The van der Waals surface area contributed by atoms with E-state index in [1.165, 1.54) is 28.8 Å². The lowest BCUT2D eigenvalue weighted by Gasteiger charge is -2.24. The number of amides is 2. The van der Waals surface area contributed by atoms with Crippen LogP contribution in [0, 0.1) is 0 Å². The molecular formula is C16H17F3N2O4S. The number of benzene rings is 1. The summed E-state index contributed by atoms with van der Waals surface area (Å²) in [5.74, 6) is -1.32. The number of nitrogens with one attached hydrogen (secondary N) is 1. The molecule has 1 unspecified atom stereocenters. The first-order valence-corrected chi connectivity index (χ1v) is 8.77. The molecule has 142 valence electrons. The SMILES string of the molecule is CCOC(=O)CNC(=O)CN1C(=O)CSC1c1ccc(C(F)(F)F)cc1. The quantitative estimate of drug-likeness (QED) is 0.752. The highest BCUT2D eigenvalue weighted by molar-refractivity contribution is 8.00. The molecule has 6 nitrogen and oxygen atoms in total. The van der Waals surface area contributed by atoms with E-state index in [-0.39, 0.29) is 31.4 Å². The van der Waals surface area contributed by atoms with Gasteiger partial charge in [0.25, 0.3) is 0 Å². The normalized spacial score (nSPS) is 17.3. The second kappa shape index (κ2) is 8.43. The van der Waals surface area contributed by atoms with Crippen LogP contribution in [0.2, 0.25) is 0 Å². The third-order valence-corrected chi connectivity index (χ3v) is 4.80. The third kappa shape index (κ3) is 5.13. The van der Waals surface area contributed by atoms with E-state index in [1.807, 2.05) is 0 Å². The second-order valence-electron chi connectivity index (χ2n) is 5.39. The van der Waals surface area contributed by atoms with Gasteiger partial charge in [-0.1, -0.05) is 12.1 Å². The van der Waals surface area contributed by atoms with Gasteiger partial charge in [0.1, 0.15) is 18.5 Å². The van der Waals surface area contributed by atoms with E-state index in [9.17, 15) is 27.6 Å². The molecule has 1 saturated heterocycles. The molecular weight excluding hydrogens is 373 g/mol. The molecule has 1 aromatic rings. The Morgan fingerprint density at radius 1 is 1.31 bits per heavy atom. The number of esters is 1. The summed E-state index contributed by atoms with van der Waals surface area (Å²) < 4.78 is 42.6. The van der Waals surface area contributed by atoms with E-state index >= 15 is 0 Å². The summed E-state index contributed by atoms with van der Waals surface area (Å²) in [6.45, 7) is 1.21. The largest absolute Gasteiger partial charge is 0.465 e. The molecule has 1 aliphatic heterocycles. The van der Waals surface area contributed by atoms with E-state index in [4.69, 9.17) is 0 Å². The molecule has 0 bridgehead atoms. The Morgan fingerprint density at radius 2 is 1.96 bits per heavy atom. The summed E-state index contributed by atoms with van der Waals surface area (Å²) in [7, 11) is 0. The fourth-order valence-corrected chi connectivity index (χ4v) is 3.52. The molecule has 2 amide bonds. The van der Waals surface area contributed by atoms with Crippen molar-refractivity contribution in [2.24, 2.45) is 0 Å². The van der Waals surface area contributed by atoms with Crippen LogP contribution in [0.5, 0.6) is 0 Å². The highest BCUT2D eigenvalue weighted by Crippen LogP contribution is 2.39. The molecule has 1 heterocycles. The predicted octanol–water partition coefficient (Wildman–Crippen LogP) is 1.96. The van der Waals surface area contributed by atoms with Crippen molar-refractivity contribution in [3.63, 3.8) is 0 Å². The molecule has 1 atom stereocenters. The van der Waals surface area contributed by atoms with Gasteiger partial charge in [0.15, 0.2) is 0 Å². The lowest BCUT2D eigenvalue weighted by Crippen LogP contribution is -2.41. The van der Waals surface area contributed by atoms with Gasteiger partial charge in [-0.25, -0.2) is 0 Å². The average Bonchev–Trinajstić information content (AvgIpc) is 2.93. The van der Waals surface area contributed by atoms with E-state index in [2.05, 4.69) is 10.1 Å². The van der Waals surface area contributed by atoms with Crippen molar-refractivity contribution in [2.45, 2.75) is 18.5 Å². The van der Waals surface area contributed by atoms with Crippen LogP contribution >= 0.6 is 11.8 Å². The van der Waals surface area contributed by atoms with Crippen molar-refractivity contribution in [1.29, 1.82) is 0 Å². The first-order chi connectivity index (χ1) is 12.2. The number of halogens is 3. The molecule has 10 heteroatoms. The zero-order chi connectivity index (χ0) is 19.3. The van der Waals surface area contributed by atoms with E-state index < -0.39 is 29.0 Å². The van der Waals surface area contributed by atoms with Crippen molar-refractivity contribution in [3.05, 3.63) is 35.4 Å². The molecule has 0 aromatic heterocycles. The molecule has 1 aromatic carbocycles. The van der Waals surface area contributed by atoms with Gasteiger partial charge in [0.05, 0.1) is 17.9 Å². The molecule has 0 spiro atoms. The molecule has 1 aliphatic rings. The number of carbonyl (C=O) groups excluding carboxylic acids is 3. The van der Waals surface area contributed by atoms with Gasteiger partial charge in [-0.05, 0) is 24.6 Å². The number of carbonyl (C=O) groups is 3. The maximum Gasteiger partial charge on any atom is 0.416 e. The van der Waals surface area contributed by atoms with Gasteiger partial charge < -0.3 is 15.0 Å². The van der Waals surface area contributed by atoms with Crippen molar-refractivity contribution in [1.82, 2.24) is 10.2 Å². The highest BCUT2D eigenvalue weighted by atomic mass is 32.2. The van der Waals surface area contributed by atoms with Crippen molar-refractivity contribution in [2.75, 3.05) is 25.4 Å². The van der Waals surface area contributed by atoms with Crippen LogP contribution in [0.4, 0.5) is 13.2 Å². The molecule has 1 fully saturated rings. The highest BCUT2D eigenvalue weighted by Gasteiger charge is 2.35. The monoisotopic (exact) mass is 390 g/mol. The second-order valence-corrected chi connectivity index (χ2v) is 6.46. The lowest BCUT2D eigenvalue weighted by molar-refractivity contribution is -0.143. The number of ether oxygens (including phenoxy) is 1. The van der Waals surface area contributed by atoms with Gasteiger partial charge in [-0.3, -0.25) is 14.4 Å². The average molecular weight is 390 g/mol. The minimum Gasteiger partial charge on any atom is -0.465 e. The molecule has 0 saturated carbocycles. The fraction of sp³-hybridized carbons (Fsp3) is 0.438. The predicted molar refractivity (Wildman–Crippen MR) is 88.0 cm³/mol. The Kier molecular flexibility index (Phi) is 6.52. The van der Waals surface area contributed by atoms with E-state index in [0.717, 1.165) is 12.1 Å². The zero-order valence-electron chi connectivity index (χ0n) is 13.8. The molecule has 0 aliphatic carbocycles. The van der Waals surface area contributed by atoms with Crippen LogP contribution in [-0.2, 0) is 25.3 Å². The summed E-state index contributed by atoms with van der Waals surface area (Å²) in [4.78, 5) is 36.5. The van der Waals surface area contributed by atoms with E-state index in [0.29, 0.717) is 5.56 Å². The van der Waals surface area contributed by atoms with Crippen LogP contribution < -0.4 is 5.32 Å². The number of rotatable bonds is 6. The molecule has 26 heavy (non-hydrogen) atoms. The minimum atomic E-state index is -4.44. The Bertz CT molecular complexity index is 679. The van der Waals surface area contributed by atoms with Gasteiger partial charge in [-0.2, -0.15) is 13.2 Å². The Labute approximate surface area is 152 Å². The van der Waals surface area contributed by atoms with Gasteiger partial charge in [0, 0.05) is 0 Å². The topological polar surface area (TPSA) is 75.7 Å². The number of hydrogen-bond acceptors (Lipinski definition) is 5. The van der Waals surface area contributed by atoms with Crippen molar-refractivity contribution >= 4 is 29.5 Å². The molecule has 2 rings (SSSR count). The number of nitrogens with zero attached hydrogens (tertiary/aromatic N) is 1. The van der Waals surface area contributed by atoms with Gasteiger partial charge in [-0.15, -0.1) is 11.8 Å². The summed E-state index contributed by atoms with van der Waals surface area (Å²) in [5.41, 5.74) is -0.290. The minimum absolute atomic E-state index is 0.122. The maximum atomic E-state index is 12.7. The lowest BCUT2D eigenvalue weighted by atomic mass is 10.1. The van der Waals surface area contributed by atoms with Crippen molar-refractivity contribution in [3.8, 4) is 0 Å². The maximum absolute atomic E-state index is 12.7. The van der Waals surface area contributed by atoms with Crippen LogP contribution in [0.3, 0.4) is 0 Å². The third-order valence-electron chi connectivity index (χ3n) is 3.54. The van der Waals surface area contributed by atoms with Crippen molar-refractivity contribution < 1.29 is 32.3 Å². The summed E-state index contributed by atoms with van der Waals surface area (Å²) >= 11 is 1.22. The van der Waals surface area contributed by atoms with Gasteiger partial charge >= 0.3 is 12.1 Å². The summed E-state index contributed by atoms with van der Waals surface area (Å²) in [6, 6.07) is 4.47. The number of hydrogen-bond donors (Lipinski definition) is 1. The van der Waals surface area contributed by atoms with Crippen LogP contribution in [-0.4, -0.2) is 48.1 Å². The number of alkyl halides is 3. The van der Waals surface area contributed by atoms with Crippen LogP contribution in [0.25, 0.3) is 0 Å². The zero-order valence-corrected chi connectivity index (χ0v) is 14.7. The van der Waals surface area contributed by atoms with E-state index in [1.54, 1.807) is 6.92 Å². The molecule has 1 N–H and O–H groups in total. The van der Waals surface area contributed by atoms with Gasteiger partial charge in [0.2, 0.25) is 11.8 Å². The fourth-order valence-electron chi connectivity index (χ4n) is 2.33. The first-order valence-electron chi connectivity index (χ1n) is 7.73. The summed E-state index contributed by atoms with van der Waals surface area (Å²) in [5, 5.41) is 1.79. The smallest absolute Gasteiger partial charge is 0.416 e. The summed E-state index contributed by atoms with van der Waals surface area (Å²) in [6.07, 6.45) is -4.44. The van der Waals surface area contributed by atoms with Crippen LogP contribution in [0.1, 0.15) is 23.4 Å². The van der Waals surface area contributed by atoms with Crippen LogP contribution in [0.15, 0.2) is 24.3 Å². The Hall–Kier alpha value is -2.23. The first kappa shape index (κ1) is 20.1. The number of thioether (sulfide) groups is 1. The Balaban J connectivity index is 2.02. The Morgan fingerprint density at radius 3 is 2.54 bits per heavy atom.